The van der Waals surface area contributed by atoms with Crippen molar-refractivity contribution in [3.05, 3.63) is 35.4 Å². The number of hydrogen-bond donors (Lipinski definition) is 3. The minimum absolute atomic E-state index is 0.0546. The molecular formula is C15H22N2O2. The molecule has 19 heavy (non-hydrogen) atoms. The Hall–Kier alpha value is -1.55. The highest BCUT2D eigenvalue weighted by Gasteiger charge is 2.32. The van der Waals surface area contributed by atoms with Crippen molar-refractivity contribution >= 4 is 6.09 Å². The van der Waals surface area contributed by atoms with Gasteiger partial charge in [0.15, 0.2) is 0 Å². The molecule has 0 aliphatic carbocycles. The average Bonchev–Trinajstić information content (AvgIpc) is 2.75. The van der Waals surface area contributed by atoms with Gasteiger partial charge < -0.3 is 15.7 Å². The van der Waals surface area contributed by atoms with Gasteiger partial charge in [0.05, 0.1) is 6.04 Å². The molecule has 0 saturated carbocycles. The molecule has 0 aromatic heterocycles. The summed E-state index contributed by atoms with van der Waals surface area (Å²) >= 11 is 0. The third kappa shape index (κ3) is 3.07. The summed E-state index contributed by atoms with van der Waals surface area (Å²) in [5.74, 6) is 0.200. The molecule has 2 rings (SSSR count). The first-order valence-corrected chi connectivity index (χ1v) is 6.69. The molecule has 0 radical (unpaired) electrons. The highest BCUT2D eigenvalue weighted by Crippen LogP contribution is 2.33. The lowest BCUT2D eigenvalue weighted by atomic mass is 9.79. The molecular weight excluding hydrogens is 240 g/mol. The van der Waals surface area contributed by atoms with Gasteiger partial charge in [0.2, 0.25) is 0 Å². The molecule has 1 aliphatic rings. The molecule has 2 atom stereocenters. The van der Waals surface area contributed by atoms with Crippen LogP contribution in [0.3, 0.4) is 0 Å². The van der Waals surface area contributed by atoms with E-state index in [2.05, 4.69) is 43.5 Å². The molecule has 1 aromatic carbocycles. The number of rotatable bonds is 2. The smallest absolute Gasteiger partial charge is 0.404 e. The SMILES string of the molecule is CC(C)(C)c1ccccc1[C@@H]1CNC[C@H]1NC(=O)O. The van der Waals surface area contributed by atoms with Crippen LogP contribution in [-0.2, 0) is 5.41 Å². The summed E-state index contributed by atoms with van der Waals surface area (Å²) in [6.45, 7) is 8.07. The number of carbonyl (C=O) groups is 1. The van der Waals surface area contributed by atoms with E-state index in [9.17, 15) is 4.79 Å². The van der Waals surface area contributed by atoms with Crippen molar-refractivity contribution in [2.45, 2.75) is 38.1 Å². The van der Waals surface area contributed by atoms with Crippen LogP contribution in [0, 0.1) is 0 Å². The number of amides is 1. The van der Waals surface area contributed by atoms with Crippen LogP contribution in [0.4, 0.5) is 4.79 Å². The van der Waals surface area contributed by atoms with E-state index in [1.807, 2.05) is 12.1 Å². The van der Waals surface area contributed by atoms with Gasteiger partial charge in [-0.05, 0) is 16.5 Å². The Labute approximate surface area is 114 Å². The second-order valence-electron chi connectivity index (χ2n) is 6.16. The van der Waals surface area contributed by atoms with Gasteiger partial charge in [-0.15, -0.1) is 0 Å². The first kappa shape index (κ1) is 13.9. The lowest BCUT2D eigenvalue weighted by Crippen LogP contribution is -2.39. The van der Waals surface area contributed by atoms with E-state index in [1.54, 1.807) is 0 Å². The molecule has 1 aromatic rings. The Kier molecular flexibility index (Phi) is 3.80. The van der Waals surface area contributed by atoms with Crippen LogP contribution in [0.2, 0.25) is 0 Å². The van der Waals surface area contributed by atoms with E-state index < -0.39 is 6.09 Å². The maximum absolute atomic E-state index is 10.9. The molecule has 3 N–H and O–H groups in total. The van der Waals surface area contributed by atoms with E-state index >= 15 is 0 Å². The lowest BCUT2D eigenvalue weighted by Gasteiger charge is -2.28. The molecule has 4 nitrogen and oxygen atoms in total. The Balaban J connectivity index is 2.33. The summed E-state index contributed by atoms with van der Waals surface area (Å²) in [4.78, 5) is 10.9. The number of carboxylic acid groups (broad SMARTS) is 1. The van der Waals surface area contributed by atoms with Crippen molar-refractivity contribution in [2.75, 3.05) is 13.1 Å². The summed E-state index contributed by atoms with van der Waals surface area (Å²) in [7, 11) is 0. The monoisotopic (exact) mass is 262 g/mol. The minimum atomic E-state index is -0.952. The maximum atomic E-state index is 10.9. The van der Waals surface area contributed by atoms with E-state index in [0.717, 1.165) is 6.54 Å². The fourth-order valence-electron chi connectivity index (χ4n) is 2.82. The number of benzene rings is 1. The zero-order chi connectivity index (χ0) is 14.0. The summed E-state index contributed by atoms with van der Waals surface area (Å²) in [5, 5.41) is 14.8. The molecule has 0 unspecified atom stereocenters. The second-order valence-corrected chi connectivity index (χ2v) is 6.16. The van der Waals surface area contributed by atoms with Crippen LogP contribution in [0.5, 0.6) is 0 Å². The predicted octanol–water partition coefficient (Wildman–Crippen LogP) is 2.31. The topological polar surface area (TPSA) is 61.4 Å². The van der Waals surface area contributed by atoms with E-state index in [4.69, 9.17) is 5.11 Å². The zero-order valence-corrected chi connectivity index (χ0v) is 11.7. The molecule has 1 saturated heterocycles. The van der Waals surface area contributed by atoms with Crippen molar-refractivity contribution < 1.29 is 9.90 Å². The highest BCUT2D eigenvalue weighted by molar-refractivity contribution is 5.65. The minimum Gasteiger partial charge on any atom is -0.465 e. The largest absolute Gasteiger partial charge is 0.465 e. The Bertz CT molecular complexity index is 465. The van der Waals surface area contributed by atoms with Crippen molar-refractivity contribution in [1.82, 2.24) is 10.6 Å². The van der Waals surface area contributed by atoms with Crippen molar-refractivity contribution in [1.29, 1.82) is 0 Å². The lowest BCUT2D eigenvalue weighted by molar-refractivity contribution is 0.189. The zero-order valence-electron chi connectivity index (χ0n) is 11.7. The normalized spacial score (nSPS) is 23.3. The van der Waals surface area contributed by atoms with Gasteiger partial charge in [-0.2, -0.15) is 0 Å². The van der Waals surface area contributed by atoms with Crippen molar-refractivity contribution in [2.24, 2.45) is 0 Å². The molecule has 104 valence electrons. The highest BCUT2D eigenvalue weighted by atomic mass is 16.4. The van der Waals surface area contributed by atoms with Gasteiger partial charge in [-0.1, -0.05) is 45.0 Å². The molecule has 4 heteroatoms. The van der Waals surface area contributed by atoms with Gasteiger partial charge in [-0.25, -0.2) is 4.79 Å². The molecule has 0 spiro atoms. The molecule has 1 amide bonds. The molecule has 0 bridgehead atoms. The molecule has 1 fully saturated rings. The maximum Gasteiger partial charge on any atom is 0.404 e. The average molecular weight is 262 g/mol. The molecule has 1 aliphatic heterocycles. The van der Waals surface area contributed by atoms with Gasteiger partial charge in [0.25, 0.3) is 0 Å². The van der Waals surface area contributed by atoms with Crippen molar-refractivity contribution in [3.8, 4) is 0 Å². The third-order valence-corrected chi connectivity index (χ3v) is 3.69. The fourth-order valence-corrected chi connectivity index (χ4v) is 2.82. The summed E-state index contributed by atoms with van der Waals surface area (Å²) in [6, 6.07) is 8.29. The third-order valence-electron chi connectivity index (χ3n) is 3.69. The van der Waals surface area contributed by atoms with Gasteiger partial charge >= 0.3 is 6.09 Å². The van der Waals surface area contributed by atoms with Crippen LogP contribution in [-0.4, -0.2) is 30.3 Å². The summed E-state index contributed by atoms with van der Waals surface area (Å²) in [6.07, 6.45) is -0.952. The van der Waals surface area contributed by atoms with Crippen LogP contribution < -0.4 is 10.6 Å². The standard InChI is InChI=1S/C15H22N2O2/c1-15(2,3)12-7-5-4-6-10(12)11-8-16-9-13(11)17-14(18)19/h4-7,11,13,16-17H,8-9H2,1-3H3,(H,18,19)/t11-,13+/m0/s1. The fraction of sp³-hybridized carbons (Fsp3) is 0.533. The number of nitrogens with one attached hydrogen (secondary N) is 2. The van der Waals surface area contributed by atoms with Crippen LogP contribution in [0.1, 0.15) is 37.8 Å². The van der Waals surface area contributed by atoms with Crippen LogP contribution >= 0.6 is 0 Å². The second kappa shape index (κ2) is 5.21. The Morgan fingerprint density at radius 2 is 2.00 bits per heavy atom. The van der Waals surface area contributed by atoms with E-state index in [0.29, 0.717) is 6.54 Å². The van der Waals surface area contributed by atoms with E-state index in [1.165, 1.54) is 11.1 Å². The predicted molar refractivity (Wildman–Crippen MR) is 75.7 cm³/mol. The van der Waals surface area contributed by atoms with Crippen LogP contribution in [0.15, 0.2) is 24.3 Å². The summed E-state index contributed by atoms with van der Waals surface area (Å²) < 4.78 is 0. The Morgan fingerprint density at radius 3 is 2.63 bits per heavy atom. The van der Waals surface area contributed by atoms with Crippen molar-refractivity contribution in [3.63, 3.8) is 0 Å². The van der Waals surface area contributed by atoms with Gasteiger partial charge in [0, 0.05) is 19.0 Å². The number of hydrogen-bond acceptors (Lipinski definition) is 2. The first-order chi connectivity index (χ1) is 8.89. The van der Waals surface area contributed by atoms with Crippen LogP contribution in [0.25, 0.3) is 0 Å². The Morgan fingerprint density at radius 1 is 1.32 bits per heavy atom. The summed E-state index contributed by atoms with van der Waals surface area (Å²) in [5.41, 5.74) is 2.60. The van der Waals surface area contributed by atoms with E-state index in [-0.39, 0.29) is 17.4 Å². The van der Waals surface area contributed by atoms with Gasteiger partial charge in [0.1, 0.15) is 0 Å². The molecule has 1 heterocycles. The van der Waals surface area contributed by atoms with Gasteiger partial charge in [-0.3, -0.25) is 0 Å². The quantitative estimate of drug-likeness (QED) is 0.766. The first-order valence-electron chi connectivity index (χ1n) is 6.69.